The van der Waals surface area contributed by atoms with Crippen molar-refractivity contribution in [3.8, 4) is 5.75 Å². The fourth-order valence-corrected chi connectivity index (χ4v) is 1.13. The lowest BCUT2D eigenvalue weighted by Crippen LogP contribution is -2.10. The first kappa shape index (κ1) is 9.85. The van der Waals surface area contributed by atoms with Gasteiger partial charge in [-0.15, -0.1) is 0 Å². The van der Waals surface area contributed by atoms with Crippen LogP contribution in [0.25, 0.3) is 0 Å². The van der Waals surface area contributed by atoms with Crippen LogP contribution in [0.2, 0.25) is 0 Å². The molecule has 0 N–H and O–H groups in total. The first-order chi connectivity index (χ1) is 6.04. The van der Waals surface area contributed by atoms with Crippen LogP contribution in [0.4, 0.5) is 0 Å². The summed E-state index contributed by atoms with van der Waals surface area (Å²) < 4.78 is 5.14. The van der Waals surface area contributed by atoms with Gasteiger partial charge in [-0.25, -0.2) is 0 Å². The quantitative estimate of drug-likeness (QED) is 0.626. The van der Waals surface area contributed by atoms with Gasteiger partial charge in [-0.2, -0.15) is 0 Å². The second-order valence-electron chi connectivity index (χ2n) is 4.06. The van der Waals surface area contributed by atoms with E-state index in [0.29, 0.717) is 0 Å². The van der Waals surface area contributed by atoms with E-state index < -0.39 is 0 Å². The van der Waals surface area contributed by atoms with Gasteiger partial charge in [0.25, 0.3) is 0 Å². The molecule has 0 saturated heterocycles. The molecule has 0 heterocycles. The van der Waals surface area contributed by atoms with Gasteiger partial charge < -0.3 is 4.74 Å². The highest BCUT2D eigenvalue weighted by Crippen LogP contribution is 2.24. The van der Waals surface area contributed by atoms with Gasteiger partial charge in [0.2, 0.25) is 0 Å². The monoisotopic (exact) mass is 176 g/mol. The van der Waals surface area contributed by atoms with E-state index in [1.807, 2.05) is 12.1 Å². The van der Waals surface area contributed by atoms with E-state index in [4.69, 9.17) is 4.74 Å². The van der Waals surface area contributed by atoms with E-state index in [0.717, 1.165) is 5.75 Å². The first-order valence-corrected chi connectivity index (χ1v) is 4.42. The number of hydrogen-bond donors (Lipinski definition) is 0. The highest BCUT2D eigenvalue weighted by atomic mass is 16.5. The molecule has 0 unspecified atom stereocenters. The Morgan fingerprint density at radius 1 is 1.15 bits per heavy atom. The molecule has 0 amide bonds. The molecule has 1 nitrogen and oxygen atoms in total. The molecule has 13 heavy (non-hydrogen) atoms. The van der Waals surface area contributed by atoms with E-state index in [-0.39, 0.29) is 5.41 Å². The summed E-state index contributed by atoms with van der Waals surface area (Å²) in [5, 5.41) is 0. The molecular formula is C12H16O. The van der Waals surface area contributed by atoms with Crippen LogP contribution in [-0.2, 0) is 5.41 Å². The zero-order valence-electron chi connectivity index (χ0n) is 8.50. The van der Waals surface area contributed by atoms with Crippen LogP contribution in [0, 0.1) is 0 Å². The third-order valence-electron chi connectivity index (χ3n) is 1.94. The Hall–Kier alpha value is -1.24. The summed E-state index contributed by atoms with van der Waals surface area (Å²) in [5.74, 6) is 0.836. The zero-order valence-corrected chi connectivity index (χ0v) is 8.50. The molecule has 0 fully saturated rings. The fraction of sp³-hybridized carbons (Fsp3) is 0.333. The average Bonchev–Trinajstić information content (AvgIpc) is 2.04. The van der Waals surface area contributed by atoms with Crippen LogP contribution < -0.4 is 4.74 Å². The average molecular weight is 176 g/mol. The van der Waals surface area contributed by atoms with E-state index in [1.165, 1.54) is 11.8 Å². The summed E-state index contributed by atoms with van der Waals surface area (Å²) >= 11 is 0. The summed E-state index contributed by atoms with van der Waals surface area (Å²) in [4.78, 5) is 0. The summed E-state index contributed by atoms with van der Waals surface area (Å²) in [5.41, 5.74) is 1.51. The van der Waals surface area contributed by atoms with Crippen molar-refractivity contribution in [2.45, 2.75) is 26.2 Å². The van der Waals surface area contributed by atoms with Crippen LogP contribution in [0.5, 0.6) is 5.75 Å². The predicted molar refractivity (Wildman–Crippen MR) is 56.0 cm³/mol. The summed E-state index contributed by atoms with van der Waals surface area (Å²) in [6.07, 6.45) is 1.44. The Kier molecular flexibility index (Phi) is 2.76. The Morgan fingerprint density at radius 3 is 2.08 bits per heavy atom. The van der Waals surface area contributed by atoms with Gasteiger partial charge in [0.15, 0.2) is 0 Å². The maximum atomic E-state index is 5.14. The van der Waals surface area contributed by atoms with Crippen molar-refractivity contribution in [1.82, 2.24) is 0 Å². The highest BCUT2D eigenvalue weighted by Gasteiger charge is 2.12. The van der Waals surface area contributed by atoms with Gasteiger partial charge in [0.1, 0.15) is 5.75 Å². The minimum absolute atomic E-state index is 0.201. The number of ether oxygens (including phenoxy) is 1. The van der Waals surface area contributed by atoms with E-state index in [1.54, 1.807) is 0 Å². The maximum Gasteiger partial charge on any atom is 0.126 e. The van der Waals surface area contributed by atoms with Crippen LogP contribution in [0.1, 0.15) is 26.3 Å². The first-order valence-electron chi connectivity index (χ1n) is 4.42. The SMILES string of the molecule is C=COc1ccc(C(C)(C)C)cc1. The second-order valence-corrected chi connectivity index (χ2v) is 4.06. The van der Waals surface area contributed by atoms with Gasteiger partial charge in [-0.3, -0.25) is 0 Å². The Balaban J connectivity index is 2.87. The lowest BCUT2D eigenvalue weighted by Gasteiger charge is -2.18. The van der Waals surface area contributed by atoms with Crippen LogP contribution in [0.3, 0.4) is 0 Å². The third kappa shape index (κ3) is 2.62. The Bertz CT molecular complexity index is 277. The molecule has 0 atom stereocenters. The Morgan fingerprint density at radius 2 is 1.69 bits per heavy atom. The molecule has 0 spiro atoms. The van der Waals surface area contributed by atoms with E-state index in [2.05, 4.69) is 39.5 Å². The summed E-state index contributed by atoms with van der Waals surface area (Å²) in [6.45, 7) is 10.1. The minimum atomic E-state index is 0.201. The number of rotatable bonds is 2. The molecule has 1 rings (SSSR count). The third-order valence-corrected chi connectivity index (χ3v) is 1.94. The molecule has 0 bridgehead atoms. The smallest absolute Gasteiger partial charge is 0.126 e. The van der Waals surface area contributed by atoms with Crippen molar-refractivity contribution in [3.05, 3.63) is 42.7 Å². The molecule has 0 aliphatic carbocycles. The number of hydrogen-bond acceptors (Lipinski definition) is 1. The lowest BCUT2D eigenvalue weighted by molar-refractivity contribution is 0.482. The van der Waals surface area contributed by atoms with Crippen molar-refractivity contribution in [1.29, 1.82) is 0 Å². The van der Waals surface area contributed by atoms with Crippen molar-refractivity contribution in [3.63, 3.8) is 0 Å². The van der Waals surface area contributed by atoms with Gasteiger partial charge in [-0.1, -0.05) is 39.5 Å². The molecule has 70 valence electrons. The zero-order chi connectivity index (χ0) is 9.90. The summed E-state index contributed by atoms with van der Waals surface area (Å²) in [7, 11) is 0. The molecule has 1 aromatic carbocycles. The molecule has 0 radical (unpaired) electrons. The van der Waals surface area contributed by atoms with E-state index >= 15 is 0 Å². The maximum absolute atomic E-state index is 5.14. The largest absolute Gasteiger partial charge is 0.466 e. The molecule has 0 saturated carbocycles. The molecular weight excluding hydrogens is 160 g/mol. The van der Waals surface area contributed by atoms with Crippen molar-refractivity contribution < 1.29 is 4.74 Å². The van der Waals surface area contributed by atoms with Gasteiger partial charge in [0.05, 0.1) is 6.26 Å². The van der Waals surface area contributed by atoms with Crippen molar-refractivity contribution in [2.75, 3.05) is 0 Å². The van der Waals surface area contributed by atoms with Crippen LogP contribution >= 0.6 is 0 Å². The summed E-state index contributed by atoms with van der Waals surface area (Å²) in [6, 6.07) is 8.09. The predicted octanol–water partition coefficient (Wildman–Crippen LogP) is 3.51. The van der Waals surface area contributed by atoms with Crippen molar-refractivity contribution >= 4 is 0 Å². The Labute approximate surface area is 80.0 Å². The van der Waals surface area contributed by atoms with E-state index in [9.17, 15) is 0 Å². The molecule has 0 aliphatic rings. The molecule has 1 aromatic rings. The molecule has 0 aliphatic heterocycles. The van der Waals surface area contributed by atoms with Gasteiger partial charge >= 0.3 is 0 Å². The lowest BCUT2D eigenvalue weighted by atomic mass is 9.87. The van der Waals surface area contributed by atoms with Crippen LogP contribution in [-0.4, -0.2) is 0 Å². The van der Waals surface area contributed by atoms with Crippen LogP contribution in [0.15, 0.2) is 37.1 Å². The topological polar surface area (TPSA) is 9.23 Å². The standard InChI is InChI=1S/C12H16O/c1-5-13-11-8-6-10(7-9-11)12(2,3)4/h5-9H,1H2,2-4H3. The molecule has 1 heteroatoms. The fourth-order valence-electron chi connectivity index (χ4n) is 1.13. The normalized spacial score (nSPS) is 11.0. The highest BCUT2D eigenvalue weighted by molar-refractivity contribution is 5.31. The second kappa shape index (κ2) is 3.65. The van der Waals surface area contributed by atoms with Crippen molar-refractivity contribution in [2.24, 2.45) is 0 Å². The number of benzene rings is 1. The molecule has 0 aromatic heterocycles. The van der Waals surface area contributed by atoms with Gasteiger partial charge in [-0.05, 0) is 23.1 Å². The minimum Gasteiger partial charge on any atom is -0.466 e. The van der Waals surface area contributed by atoms with Gasteiger partial charge in [0, 0.05) is 0 Å².